The van der Waals surface area contributed by atoms with Gasteiger partial charge < -0.3 is 4.98 Å². The number of rotatable bonds is 6. The first-order valence-electron chi connectivity index (χ1n) is 11.4. The van der Waals surface area contributed by atoms with E-state index in [2.05, 4.69) is 75.4 Å². The summed E-state index contributed by atoms with van der Waals surface area (Å²) >= 11 is 0. The van der Waals surface area contributed by atoms with Gasteiger partial charge in [-0.15, -0.1) is 0 Å². The molecule has 0 spiro atoms. The predicted octanol–water partition coefficient (Wildman–Crippen LogP) is 4.46. The lowest BCUT2D eigenvalue weighted by molar-refractivity contribution is 0.0748. The van der Waals surface area contributed by atoms with Crippen molar-refractivity contribution in [2.75, 3.05) is 26.2 Å². The minimum atomic E-state index is 0.461. The van der Waals surface area contributed by atoms with Crippen molar-refractivity contribution in [1.82, 2.24) is 19.8 Å². The first-order valence-corrected chi connectivity index (χ1v) is 11.4. The molecule has 3 heterocycles. The van der Waals surface area contributed by atoms with Gasteiger partial charge in [0.05, 0.1) is 18.1 Å². The van der Waals surface area contributed by atoms with Crippen molar-refractivity contribution in [3.05, 3.63) is 89.5 Å². The molecule has 2 aromatic carbocycles. The fraction of sp³-hybridized carbons (Fsp3) is 0.423. The van der Waals surface area contributed by atoms with E-state index in [9.17, 15) is 0 Å². The van der Waals surface area contributed by atoms with Crippen LogP contribution in [0.15, 0.2) is 67.0 Å². The number of aromatic nitrogens is 2. The molecule has 1 saturated heterocycles. The summed E-state index contributed by atoms with van der Waals surface area (Å²) in [6.45, 7) is 5.69. The van der Waals surface area contributed by atoms with Crippen molar-refractivity contribution in [2.45, 2.75) is 38.3 Å². The molecule has 0 aliphatic carbocycles. The maximum Gasteiger partial charge on any atom is 0.0925 e. The molecule has 30 heavy (non-hydrogen) atoms. The van der Waals surface area contributed by atoms with Gasteiger partial charge in [-0.1, -0.05) is 60.7 Å². The third kappa shape index (κ3) is 4.35. The van der Waals surface area contributed by atoms with Crippen molar-refractivity contribution >= 4 is 0 Å². The first kappa shape index (κ1) is 19.5. The van der Waals surface area contributed by atoms with Crippen LogP contribution in [-0.4, -0.2) is 45.9 Å². The van der Waals surface area contributed by atoms with Crippen molar-refractivity contribution in [3.63, 3.8) is 0 Å². The van der Waals surface area contributed by atoms with Crippen LogP contribution in [0.1, 0.15) is 41.4 Å². The minimum Gasteiger partial charge on any atom is -0.348 e. The molecule has 0 bridgehead atoms. The molecule has 1 unspecified atom stereocenters. The Bertz CT molecular complexity index is 912. The van der Waals surface area contributed by atoms with E-state index >= 15 is 0 Å². The summed E-state index contributed by atoms with van der Waals surface area (Å²) in [5.74, 6) is 0.690. The Hall–Kier alpha value is -2.43. The fourth-order valence-electron chi connectivity index (χ4n) is 5.31. The summed E-state index contributed by atoms with van der Waals surface area (Å²) in [4.78, 5) is 13.5. The standard InChI is InChI=1S/C26H32N4/c1-3-7-21(8-4-1)11-17-30-18-14-24-25(28-20-27-24)26(30)23-12-15-29(16-13-23)19-22-9-5-2-6-10-22/h1-10,20,23,26H,11-19H2,(H,27,28). The van der Waals surface area contributed by atoms with Gasteiger partial charge in [0.25, 0.3) is 0 Å². The number of H-pyrrole nitrogens is 1. The average molecular weight is 401 g/mol. The van der Waals surface area contributed by atoms with E-state index < -0.39 is 0 Å². The normalized spacial score (nSPS) is 20.9. The fourth-order valence-corrected chi connectivity index (χ4v) is 5.31. The van der Waals surface area contributed by atoms with Crippen LogP contribution < -0.4 is 0 Å². The molecule has 0 radical (unpaired) electrons. The lowest BCUT2D eigenvalue weighted by Crippen LogP contribution is -2.44. The summed E-state index contributed by atoms with van der Waals surface area (Å²) in [7, 11) is 0. The molecular formula is C26H32N4. The SMILES string of the molecule is c1ccc(CCN2CCc3[nH]cnc3C2C2CCN(Cc3ccccc3)CC2)cc1. The number of aromatic amines is 1. The van der Waals surface area contributed by atoms with Crippen LogP contribution >= 0.6 is 0 Å². The number of hydrogen-bond donors (Lipinski definition) is 1. The van der Waals surface area contributed by atoms with Crippen molar-refractivity contribution in [2.24, 2.45) is 5.92 Å². The number of benzene rings is 2. The molecule has 4 heteroatoms. The quantitative estimate of drug-likeness (QED) is 0.663. The molecule has 0 saturated carbocycles. The van der Waals surface area contributed by atoms with Crippen molar-refractivity contribution in [3.8, 4) is 0 Å². The van der Waals surface area contributed by atoms with Gasteiger partial charge >= 0.3 is 0 Å². The molecule has 3 aromatic rings. The summed E-state index contributed by atoms with van der Waals surface area (Å²) in [6.07, 6.45) is 6.62. The summed E-state index contributed by atoms with van der Waals surface area (Å²) in [5, 5.41) is 0. The zero-order chi connectivity index (χ0) is 20.2. The van der Waals surface area contributed by atoms with E-state index in [-0.39, 0.29) is 0 Å². The van der Waals surface area contributed by atoms with Gasteiger partial charge in [-0.05, 0) is 49.4 Å². The van der Waals surface area contributed by atoms with E-state index in [0.717, 1.165) is 32.5 Å². The highest BCUT2D eigenvalue weighted by Gasteiger charge is 2.36. The van der Waals surface area contributed by atoms with Gasteiger partial charge in [0.2, 0.25) is 0 Å². The average Bonchev–Trinajstić information content (AvgIpc) is 3.28. The van der Waals surface area contributed by atoms with Crippen LogP contribution in [0.25, 0.3) is 0 Å². The third-order valence-electron chi connectivity index (χ3n) is 6.93. The Kier molecular flexibility index (Phi) is 5.96. The number of likely N-dealkylation sites (tertiary alicyclic amines) is 1. The lowest BCUT2D eigenvalue weighted by atomic mass is 9.83. The topological polar surface area (TPSA) is 35.2 Å². The maximum absolute atomic E-state index is 4.79. The van der Waals surface area contributed by atoms with Crippen LogP contribution in [0.2, 0.25) is 0 Å². The number of nitrogens with one attached hydrogen (secondary N) is 1. The molecule has 156 valence electrons. The summed E-state index contributed by atoms with van der Waals surface area (Å²) in [5.41, 5.74) is 5.54. The highest BCUT2D eigenvalue weighted by Crippen LogP contribution is 2.38. The maximum atomic E-state index is 4.79. The summed E-state index contributed by atoms with van der Waals surface area (Å²) < 4.78 is 0. The number of nitrogens with zero attached hydrogens (tertiary/aromatic N) is 3. The Morgan fingerprint density at radius 3 is 2.30 bits per heavy atom. The highest BCUT2D eigenvalue weighted by molar-refractivity contribution is 5.22. The first-order chi connectivity index (χ1) is 14.9. The molecule has 1 aromatic heterocycles. The second-order valence-electron chi connectivity index (χ2n) is 8.83. The largest absolute Gasteiger partial charge is 0.348 e. The van der Waals surface area contributed by atoms with E-state index in [4.69, 9.17) is 4.98 Å². The zero-order valence-corrected chi connectivity index (χ0v) is 17.7. The zero-order valence-electron chi connectivity index (χ0n) is 17.7. The van der Waals surface area contributed by atoms with Gasteiger partial charge in [-0.2, -0.15) is 0 Å². The molecule has 2 aliphatic rings. The number of hydrogen-bond acceptors (Lipinski definition) is 3. The lowest BCUT2D eigenvalue weighted by Gasteiger charge is -2.43. The Morgan fingerprint density at radius 2 is 1.57 bits per heavy atom. The Balaban J connectivity index is 1.26. The van der Waals surface area contributed by atoms with Gasteiger partial charge in [-0.25, -0.2) is 4.98 Å². The van der Waals surface area contributed by atoms with E-state index in [1.165, 1.54) is 48.4 Å². The molecule has 1 N–H and O–H groups in total. The van der Waals surface area contributed by atoms with Crippen LogP contribution in [-0.2, 0) is 19.4 Å². The van der Waals surface area contributed by atoms with Crippen LogP contribution in [0.5, 0.6) is 0 Å². The monoisotopic (exact) mass is 400 g/mol. The summed E-state index contributed by atoms with van der Waals surface area (Å²) in [6, 6.07) is 22.3. The molecule has 5 rings (SSSR count). The molecule has 1 fully saturated rings. The smallest absolute Gasteiger partial charge is 0.0925 e. The molecular weight excluding hydrogens is 368 g/mol. The van der Waals surface area contributed by atoms with Crippen LogP contribution in [0.4, 0.5) is 0 Å². The predicted molar refractivity (Wildman–Crippen MR) is 121 cm³/mol. The second-order valence-corrected chi connectivity index (χ2v) is 8.83. The Morgan fingerprint density at radius 1 is 0.867 bits per heavy atom. The number of piperidine rings is 1. The van der Waals surface area contributed by atoms with Crippen molar-refractivity contribution < 1.29 is 0 Å². The van der Waals surface area contributed by atoms with Crippen LogP contribution in [0, 0.1) is 5.92 Å². The second kappa shape index (κ2) is 9.15. The number of imidazole rings is 1. The van der Waals surface area contributed by atoms with Crippen molar-refractivity contribution in [1.29, 1.82) is 0 Å². The van der Waals surface area contributed by atoms with Gasteiger partial charge in [0, 0.05) is 31.7 Å². The van der Waals surface area contributed by atoms with E-state index in [1.54, 1.807) is 0 Å². The minimum absolute atomic E-state index is 0.461. The van der Waals surface area contributed by atoms with Crippen LogP contribution in [0.3, 0.4) is 0 Å². The van der Waals surface area contributed by atoms with E-state index in [0.29, 0.717) is 12.0 Å². The highest BCUT2D eigenvalue weighted by atomic mass is 15.2. The third-order valence-corrected chi connectivity index (χ3v) is 6.93. The molecule has 2 aliphatic heterocycles. The molecule has 4 nitrogen and oxygen atoms in total. The van der Waals surface area contributed by atoms with E-state index in [1.807, 2.05) is 6.33 Å². The van der Waals surface area contributed by atoms with Gasteiger partial charge in [0.1, 0.15) is 0 Å². The molecule has 0 amide bonds. The van der Waals surface area contributed by atoms with Gasteiger partial charge in [-0.3, -0.25) is 9.80 Å². The Labute approximate surface area is 179 Å². The number of fused-ring (bicyclic) bond motifs is 1. The molecule has 1 atom stereocenters. The van der Waals surface area contributed by atoms with Gasteiger partial charge in [0.15, 0.2) is 0 Å².